The lowest BCUT2D eigenvalue weighted by Crippen LogP contribution is -2.43. The predicted octanol–water partition coefficient (Wildman–Crippen LogP) is 5.88. The SMILES string of the molecule is C=CCN(CC=C)c1nc(OCC23CCCN2CCC3)nc2c(F)c(-c3cc(O)cc4ccccc34)ncc12. The number of aromatic nitrogens is 3. The first-order valence-electron chi connectivity index (χ1n) is 13.5. The quantitative estimate of drug-likeness (QED) is 0.274. The molecule has 2 saturated heterocycles. The van der Waals surface area contributed by atoms with Gasteiger partial charge in [-0.2, -0.15) is 9.97 Å². The molecule has 7 nitrogen and oxygen atoms in total. The second-order valence-corrected chi connectivity index (χ2v) is 10.4. The monoisotopic (exact) mass is 525 g/mol. The van der Waals surface area contributed by atoms with E-state index in [4.69, 9.17) is 9.72 Å². The molecular weight excluding hydrogens is 493 g/mol. The highest BCUT2D eigenvalue weighted by molar-refractivity contribution is 5.99. The fraction of sp³-hybridized carbons (Fsp3) is 0.323. The van der Waals surface area contributed by atoms with Crippen LogP contribution in [0.15, 0.2) is 67.9 Å². The fourth-order valence-corrected chi connectivity index (χ4v) is 6.22. The van der Waals surface area contributed by atoms with Gasteiger partial charge in [-0.1, -0.05) is 36.4 Å². The van der Waals surface area contributed by atoms with Crippen molar-refractivity contribution in [2.24, 2.45) is 0 Å². The molecule has 2 aliphatic rings. The number of hydrogen-bond donors (Lipinski definition) is 1. The van der Waals surface area contributed by atoms with Crippen molar-refractivity contribution < 1.29 is 14.2 Å². The largest absolute Gasteiger partial charge is 0.508 e. The number of aromatic hydroxyl groups is 1. The molecule has 2 aromatic carbocycles. The Morgan fingerprint density at radius 3 is 2.54 bits per heavy atom. The van der Waals surface area contributed by atoms with Crippen molar-refractivity contribution in [2.75, 3.05) is 37.7 Å². The van der Waals surface area contributed by atoms with Crippen LogP contribution in [0.2, 0.25) is 0 Å². The number of nitrogens with zero attached hydrogens (tertiary/aromatic N) is 5. The van der Waals surface area contributed by atoms with Gasteiger partial charge in [0.15, 0.2) is 5.82 Å². The molecule has 4 aromatic rings. The molecule has 0 unspecified atom stereocenters. The molecule has 0 aliphatic carbocycles. The van der Waals surface area contributed by atoms with E-state index in [9.17, 15) is 5.11 Å². The Labute approximate surface area is 227 Å². The lowest BCUT2D eigenvalue weighted by Gasteiger charge is -2.31. The Kier molecular flexibility index (Phi) is 6.64. The molecule has 4 heterocycles. The minimum Gasteiger partial charge on any atom is -0.508 e. The van der Waals surface area contributed by atoms with E-state index in [1.54, 1.807) is 24.4 Å². The first-order valence-corrected chi connectivity index (χ1v) is 13.5. The molecule has 200 valence electrons. The Morgan fingerprint density at radius 2 is 1.79 bits per heavy atom. The van der Waals surface area contributed by atoms with Gasteiger partial charge in [0.25, 0.3) is 0 Å². The summed E-state index contributed by atoms with van der Waals surface area (Å²) < 4.78 is 22.7. The number of phenolic OH excluding ortho intramolecular Hbond substituents is 1. The molecule has 2 fully saturated rings. The maximum absolute atomic E-state index is 16.4. The Morgan fingerprint density at radius 1 is 1.05 bits per heavy atom. The Bertz CT molecular complexity index is 1550. The molecule has 0 bridgehead atoms. The van der Waals surface area contributed by atoms with E-state index in [0.717, 1.165) is 49.5 Å². The smallest absolute Gasteiger partial charge is 0.319 e. The molecule has 8 heteroatoms. The number of pyridine rings is 1. The summed E-state index contributed by atoms with van der Waals surface area (Å²) in [6, 6.07) is 10.9. The zero-order chi connectivity index (χ0) is 27.0. The molecule has 0 atom stereocenters. The van der Waals surface area contributed by atoms with Gasteiger partial charge in [-0.15, -0.1) is 13.2 Å². The van der Waals surface area contributed by atoms with Crippen LogP contribution in [0.25, 0.3) is 32.9 Å². The second-order valence-electron chi connectivity index (χ2n) is 10.4. The number of halogens is 1. The van der Waals surface area contributed by atoms with Gasteiger partial charge in [0, 0.05) is 24.8 Å². The van der Waals surface area contributed by atoms with Gasteiger partial charge >= 0.3 is 6.01 Å². The van der Waals surface area contributed by atoms with E-state index in [-0.39, 0.29) is 28.5 Å². The second kappa shape index (κ2) is 10.3. The van der Waals surface area contributed by atoms with Crippen LogP contribution in [-0.4, -0.2) is 63.3 Å². The van der Waals surface area contributed by atoms with Gasteiger partial charge in [-0.25, -0.2) is 4.39 Å². The molecule has 0 spiro atoms. The summed E-state index contributed by atoms with van der Waals surface area (Å²) in [7, 11) is 0. The minimum atomic E-state index is -0.588. The lowest BCUT2D eigenvalue weighted by atomic mass is 9.95. The van der Waals surface area contributed by atoms with E-state index in [1.165, 1.54) is 6.07 Å². The van der Waals surface area contributed by atoms with Crippen LogP contribution in [0.1, 0.15) is 25.7 Å². The first kappa shape index (κ1) is 25.2. The number of fused-ring (bicyclic) bond motifs is 3. The highest BCUT2D eigenvalue weighted by Crippen LogP contribution is 2.40. The van der Waals surface area contributed by atoms with Crippen LogP contribution < -0.4 is 9.64 Å². The topological polar surface area (TPSA) is 74.6 Å². The lowest BCUT2D eigenvalue weighted by molar-refractivity contribution is 0.108. The standard InChI is InChI=1S/C31H32FN5O2/c1-3-13-36(14-4-2)29-25-19-33-27(24-18-22(38)17-21-9-5-6-10-23(21)24)26(32)28(25)34-30(35-29)39-20-31-11-7-15-37(31)16-8-12-31/h3-6,9-10,17-19,38H,1-2,7-8,11-16,20H2. The number of phenols is 1. The Balaban J connectivity index is 1.49. The summed E-state index contributed by atoms with van der Waals surface area (Å²) >= 11 is 0. The van der Waals surface area contributed by atoms with Crippen LogP contribution in [0.3, 0.4) is 0 Å². The van der Waals surface area contributed by atoms with Crippen LogP contribution in [0, 0.1) is 5.82 Å². The number of benzene rings is 2. The third-order valence-corrected chi connectivity index (χ3v) is 8.02. The van der Waals surface area contributed by atoms with E-state index in [2.05, 4.69) is 28.0 Å². The molecular formula is C31H32FN5O2. The van der Waals surface area contributed by atoms with E-state index in [0.29, 0.717) is 36.5 Å². The van der Waals surface area contributed by atoms with Crippen molar-refractivity contribution in [1.82, 2.24) is 19.9 Å². The normalized spacial score (nSPS) is 16.4. The van der Waals surface area contributed by atoms with Crippen LogP contribution in [0.5, 0.6) is 11.8 Å². The highest BCUT2D eigenvalue weighted by atomic mass is 19.1. The van der Waals surface area contributed by atoms with Gasteiger partial charge in [-0.05, 0) is 61.7 Å². The predicted molar refractivity (Wildman–Crippen MR) is 153 cm³/mol. The number of ether oxygens (including phenoxy) is 1. The summed E-state index contributed by atoms with van der Waals surface area (Å²) in [5, 5.41) is 12.4. The molecule has 0 amide bonds. The summed E-state index contributed by atoms with van der Waals surface area (Å²) in [5.41, 5.74) is 0.731. The molecule has 6 rings (SSSR count). The van der Waals surface area contributed by atoms with Crippen LogP contribution in [0.4, 0.5) is 10.2 Å². The highest BCUT2D eigenvalue weighted by Gasteiger charge is 2.45. The van der Waals surface area contributed by atoms with Crippen molar-refractivity contribution in [2.45, 2.75) is 31.2 Å². The third-order valence-electron chi connectivity index (χ3n) is 8.02. The zero-order valence-electron chi connectivity index (χ0n) is 21.9. The van der Waals surface area contributed by atoms with E-state index >= 15 is 4.39 Å². The van der Waals surface area contributed by atoms with Crippen molar-refractivity contribution in [3.05, 3.63) is 73.7 Å². The fourth-order valence-electron chi connectivity index (χ4n) is 6.22. The number of hydrogen-bond acceptors (Lipinski definition) is 7. The molecule has 1 N–H and O–H groups in total. The zero-order valence-corrected chi connectivity index (χ0v) is 21.9. The van der Waals surface area contributed by atoms with Gasteiger partial charge in [-0.3, -0.25) is 9.88 Å². The maximum Gasteiger partial charge on any atom is 0.319 e. The van der Waals surface area contributed by atoms with Gasteiger partial charge in [0.1, 0.15) is 29.4 Å². The average molecular weight is 526 g/mol. The summed E-state index contributed by atoms with van der Waals surface area (Å²) in [5.74, 6) is -0.0337. The van der Waals surface area contributed by atoms with Crippen molar-refractivity contribution >= 4 is 27.5 Å². The molecule has 2 aliphatic heterocycles. The molecule has 39 heavy (non-hydrogen) atoms. The number of anilines is 1. The summed E-state index contributed by atoms with van der Waals surface area (Å²) in [6.45, 7) is 11.4. The van der Waals surface area contributed by atoms with E-state index in [1.807, 2.05) is 29.2 Å². The summed E-state index contributed by atoms with van der Waals surface area (Å²) in [6.07, 6.45) is 9.60. The van der Waals surface area contributed by atoms with Gasteiger partial charge in [0.2, 0.25) is 0 Å². The summed E-state index contributed by atoms with van der Waals surface area (Å²) in [4.78, 5) is 18.3. The van der Waals surface area contributed by atoms with Crippen molar-refractivity contribution in [1.29, 1.82) is 0 Å². The molecule has 0 radical (unpaired) electrons. The molecule has 2 aromatic heterocycles. The van der Waals surface area contributed by atoms with E-state index < -0.39 is 5.82 Å². The van der Waals surface area contributed by atoms with Crippen LogP contribution >= 0.6 is 0 Å². The number of rotatable bonds is 9. The first-order chi connectivity index (χ1) is 19.0. The molecule has 0 saturated carbocycles. The average Bonchev–Trinajstić information content (AvgIpc) is 3.52. The van der Waals surface area contributed by atoms with Crippen molar-refractivity contribution in [3.63, 3.8) is 0 Å². The Hall–Kier alpha value is -4.04. The maximum atomic E-state index is 16.4. The third kappa shape index (κ3) is 4.48. The minimum absolute atomic E-state index is 0.00281. The van der Waals surface area contributed by atoms with Gasteiger partial charge in [0.05, 0.1) is 10.9 Å². The van der Waals surface area contributed by atoms with Crippen molar-refractivity contribution in [3.8, 4) is 23.0 Å². The van der Waals surface area contributed by atoms with Gasteiger partial charge < -0.3 is 14.7 Å². The van der Waals surface area contributed by atoms with Crippen LogP contribution in [-0.2, 0) is 0 Å².